The number of hydrogen-bond acceptors (Lipinski definition) is 4. The van der Waals surface area contributed by atoms with Gasteiger partial charge in [-0.2, -0.15) is 11.8 Å². The first-order valence-corrected chi connectivity index (χ1v) is 6.04. The van der Waals surface area contributed by atoms with Crippen LogP contribution in [0.2, 0.25) is 0 Å². The Morgan fingerprint density at radius 3 is 2.93 bits per heavy atom. The fourth-order valence-corrected chi connectivity index (χ4v) is 1.50. The number of hydrogen-bond donors (Lipinski definition) is 2. The van der Waals surface area contributed by atoms with Crippen molar-refractivity contribution in [1.29, 1.82) is 0 Å². The number of amides is 1. The molecule has 15 heavy (non-hydrogen) atoms. The van der Waals surface area contributed by atoms with E-state index in [2.05, 4.69) is 10.3 Å². The molecule has 0 radical (unpaired) electrons. The molecule has 82 valence electrons. The highest BCUT2D eigenvalue weighted by Gasteiger charge is 2.06. The molecular formula is C10H15N3OS. The molecule has 5 heteroatoms. The molecule has 0 saturated carbocycles. The van der Waals surface area contributed by atoms with Crippen LogP contribution in [0.1, 0.15) is 16.1 Å². The lowest BCUT2D eigenvalue weighted by atomic mass is 10.2. The molecule has 0 aliphatic heterocycles. The van der Waals surface area contributed by atoms with Crippen molar-refractivity contribution >= 4 is 23.5 Å². The van der Waals surface area contributed by atoms with Gasteiger partial charge in [0.2, 0.25) is 0 Å². The Balaban J connectivity index is 2.65. The molecule has 0 fully saturated rings. The third-order valence-corrected chi connectivity index (χ3v) is 2.44. The van der Waals surface area contributed by atoms with Crippen LogP contribution in [0, 0.1) is 6.92 Å². The summed E-state index contributed by atoms with van der Waals surface area (Å²) in [5, 5.41) is 2.81. The number of rotatable bonds is 4. The largest absolute Gasteiger partial charge is 0.384 e. The molecule has 0 unspecified atom stereocenters. The maximum absolute atomic E-state index is 11.6. The number of carbonyl (C=O) groups is 1. The highest BCUT2D eigenvalue weighted by Crippen LogP contribution is 2.06. The zero-order chi connectivity index (χ0) is 11.3. The van der Waals surface area contributed by atoms with Crippen molar-refractivity contribution in [3.05, 3.63) is 23.4 Å². The molecule has 0 atom stereocenters. The van der Waals surface area contributed by atoms with Gasteiger partial charge in [-0.3, -0.25) is 4.79 Å². The van der Waals surface area contributed by atoms with Gasteiger partial charge in [-0.05, 0) is 25.3 Å². The van der Waals surface area contributed by atoms with Crippen LogP contribution in [0.3, 0.4) is 0 Å². The van der Waals surface area contributed by atoms with Gasteiger partial charge >= 0.3 is 0 Å². The maximum atomic E-state index is 11.6. The van der Waals surface area contributed by atoms with E-state index in [1.807, 2.05) is 13.2 Å². The van der Waals surface area contributed by atoms with Crippen molar-refractivity contribution in [2.45, 2.75) is 6.92 Å². The van der Waals surface area contributed by atoms with Crippen LogP contribution in [0.4, 0.5) is 5.82 Å². The number of nitrogens with zero attached hydrogens (tertiary/aromatic N) is 1. The monoisotopic (exact) mass is 225 g/mol. The number of pyridine rings is 1. The molecule has 4 nitrogen and oxygen atoms in total. The highest BCUT2D eigenvalue weighted by atomic mass is 32.2. The Labute approximate surface area is 93.7 Å². The van der Waals surface area contributed by atoms with Gasteiger partial charge in [-0.25, -0.2) is 4.98 Å². The third-order valence-electron chi connectivity index (χ3n) is 1.83. The molecule has 0 spiro atoms. The molecule has 1 aromatic heterocycles. The predicted octanol–water partition coefficient (Wildman–Crippen LogP) is 1.07. The second kappa shape index (κ2) is 5.60. The van der Waals surface area contributed by atoms with E-state index in [9.17, 15) is 4.79 Å². The average Bonchev–Trinajstić information content (AvgIpc) is 2.16. The molecule has 0 aliphatic rings. The van der Waals surface area contributed by atoms with Crippen LogP contribution < -0.4 is 11.1 Å². The summed E-state index contributed by atoms with van der Waals surface area (Å²) in [6, 6.07) is 3.31. The van der Waals surface area contributed by atoms with Gasteiger partial charge < -0.3 is 11.1 Å². The number of anilines is 1. The molecule has 1 rings (SSSR count). The van der Waals surface area contributed by atoms with Crippen molar-refractivity contribution < 1.29 is 4.79 Å². The zero-order valence-electron chi connectivity index (χ0n) is 8.91. The van der Waals surface area contributed by atoms with Crippen molar-refractivity contribution in [1.82, 2.24) is 10.3 Å². The van der Waals surface area contributed by atoms with Gasteiger partial charge in [0.25, 0.3) is 5.91 Å². The Kier molecular flexibility index (Phi) is 4.42. The van der Waals surface area contributed by atoms with Gasteiger partial charge in [0.15, 0.2) is 0 Å². The normalized spacial score (nSPS) is 10.0. The summed E-state index contributed by atoms with van der Waals surface area (Å²) >= 11 is 1.69. The number of nitrogens with two attached hydrogens (primary N) is 1. The smallest absolute Gasteiger partial charge is 0.251 e. The second-order valence-corrected chi connectivity index (χ2v) is 4.16. The fourth-order valence-electron chi connectivity index (χ4n) is 1.19. The minimum atomic E-state index is -0.0961. The van der Waals surface area contributed by atoms with Crippen LogP contribution >= 0.6 is 11.8 Å². The fraction of sp³-hybridized carbons (Fsp3) is 0.400. The van der Waals surface area contributed by atoms with Crippen LogP contribution in [0.15, 0.2) is 12.1 Å². The van der Waals surface area contributed by atoms with E-state index < -0.39 is 0 Å². The van der Waals surface area contributed by atoms with E-state index in [4.69, 9.17) is 5.73 Å². The maximum Gasteiger partial charge on any atom is 0.251 e. The first-order valence-electron chi connectivity index (χ1n) is 4.65. The second-order valence-electron chi connectivity index (χ2n) is 3.17. The van der Waals surface area contributed by atoms with Crippen LogP contribution in [0.5, 0.6) is 0 Å². The first-order chi connectivity index (χ1) is 7.13. The SMILES string of the molecule is CSCCNC(=O)c1cc(C)nc(N)c1. The van der Waals surface area contributed by atoms with Gasteiger partial charge in [0, 0.05) is 23.6 Å². The summed E-state index contributed by atoms with van der Waals surface area (Å²) in [7, 11) is 0. The van der Waals surface area contributed by atoms with Gasteiger partial charge in [0.05, 0.1) is 0 Å². The third kappa shape index (κ3) is 3.79. The number of nitrogen functional groups attached to an aromatic ring is 1. The van der Waals surface area contributed by atoms with E-state index >= 15 is 0 Å². The molecule has 1 aromatic rings. The van der Waals surface area contributed by atoms with Gasteiger partial charge in [-0.1, -0.05) is 0 Å². The molecule has 3 N–H and O–H groups in total. The molecule has 1 heterocycles. The summed E-state index contributed by atoms with van der Waals surface area (Å²) in [5.41, 5.74) is 6.88. The summed E-state index contributed by atoms with van der Waals surface area (Å²) in [6.07, 6.45) is 2.00. The number of aryl methyl sites for hydroxylation is 1. The number of nitrogens with one attached hydrogen (secondary N) is 1. The topological polar surface area (TPSA) is 68.0 Å². The van der Waals surface area contributed by atoms with Crippen LogP contribution in [-0.4, -0.2) is 29.4 Å². The average molecular weight is 225 g/mol. The lowest BCUT2D eigenvalue weighted by Gasteiger charge is -2.05. The Bertz CT molecular complexity index is 334. The van der Waals surface area contributed by atoms with Gasteiger partial charge in [0.1, 0.15) is 5.82 Å². The van der Waals surface area contributed by atoms with Crippen LogP contribution in [-0.2, 0) is 0 Å². The van der Waals surface area contributed by atoms with Gasteiger partial charge in [-0.15, -0.1) is 0 Å². The van der Waals surface area contributed by atoms with Crippen molar-refractivity contribution in [2.24, 2.45) is 0 Å². The minimum Gasteiger partial charge on any atom is -0.384 e. The Morgan fingerprint density at radius 1 is 1.60 bits per heavy atom. The molecule has 0 aromatic carbocycles. The lowest BCUT2D eigenvalue weighted by Crippen LogP contribution is -2.26. The summed E-state index contributed by atoms with van der Waals surface area (Å²) in [5.74, 6) is 1.19. The van der Waals surface area contributed by atoms with E-state index in [0.29, 0.717) is 17.9 Å². The standard InChI is InChI=1S/C10H15N3OS/c1-7-5-8(6-9(11)13-7)10(14)12-3-4-15-2/h5-6H,3-4H2,1-2H3,(H2,11,13)(H,12,14). The van der Waals surface area contributed by atoms with Crippen molar-refractivity contribution in [3.8, 4) is 0 Å². The number of thioether (sulfide) groups is 1. The summed E-state index contributed by atoms with van der Waals surface area (Å²) in [4.78, 5) is 15.6. The van der Waals surface area contributed by atoms with E-state index in [-0.39, 0.29) is 5.91 Å². The summed E-state index contributed by atoms with van der Waals surface area (Å²) in [6.45, 7) is 2.48. The minimum absolute atomic E-state index is 0.0961. The van der Waals surface area contributed by atoms with E-state index in [1.54, 1.807) is 23.9 Å². The van der Waals surface area contributed by atoms with E-state index in [1.165, 1.54) is 0 Å². The summed E-state index contributed by atoms with van der Waals surface area (Å²) < 4.78 is 0. The molecular weight excluding hydrogens is 210 g/mol. The van der Waals surface area contributed by atoms with E-state index in [0.717, 1.165) is 11.4 Å². The van der Waals surface area contributed by atoms with Crippen LogP contribution in [0.25, 0.3) is 0 Å². The Hall–Kier alpha value is -1.23. The van der Waals surface area contributed by atoms with Crippen molar-refractivity contribution in [3.63, 3.8) is 0 Å². The quantitative estimate of drug-likeness (QED) is 0.752. The molecule has 0 bridgehead atoms. The molecule has 0 aliphatic carbocycles. The zero-order valence-corrected chi connectivity index (χ0v) is 9.73. The highest BCUT2D eigenvalue weighted by molar-refractivity contribution is 7.98. The predicted molar refractivity (Wildman–Crippen MR) is 64.1 cm³/mol. The molecule has 0 saturated heterocycles. The Morgan fingerprint density at radius 2 is 2.33 bits per heavy atom. The molecule has 1 amide bonds. The number of aromatic nitrogens is 1. The first kappa shape index (κ1) is 11.8. The lowest BCUT2D eigenvalue weighted by molar-refractivity contribution is 0.0956. The number of carbonyl (C=O) groups excluding carboxylic acids is 1. The van der Waals surface area contributed by atoms with Crippen molar-refractivity contribution in [2.75, 3.05) is 24.3 Å².